The van der Waals surface area contributed by atoms with Crippen LogP contribution in [0.2, 0.25) is 0 Å². The number of benzene rings is 2. The van der Waals surface area contributed by atoms with Crippen LogP contribution in [0, 0.1) is 0 Å². The van der Waals surface area contributed by atoms with Crippen LogP contribution in [0.5, 0.6) is 0 Å². The molecule has 0 saturated carbocycles. The Morgan fingerprint density at radius 2 is 1.82 bits per heavy atom. The first-order valence-corrected chi connectivity index (χ1v) is 7.06. The fraction of sp³-hybridized carbons (Fsp3) is 0.111. The lowest BCUT2D eigenvalue weighted by Gasteiger charge is -2.10. The van der Waals surface area contributed by atoms with Gasteiger partial charge in [-0.3, -0.25) is 4.79 Å². The van der Waals surface area contributed by atoms with Gasteiger partial charge in [-0.25, -0.2) is 0 Å². The Kier molecular flexibility index (Phi) is 3.74. The molecule has 0 aliphatic carbocycles. The molecule has 3 aromatic rings. The monoisotopic (exact) mass is 292 g/mol. The highest BCUT2D eigenvalue weighted by molar-refractivity contribution is 6.09. The van der Waals surface area contributed by atoms with Crippen LogP contribution in [0.1, 0.15) is 40.0 Å². The summed E-state index contributed by atoms with van der Waals surface area (Å²) in [6.07, 6.45) is 1.55. The molecule has 4 heteroatoms. The molecule has 3 rings (SSSR count). The van der Waals surface area contributed by atoms with Crippen molar-refractivity contribution in [2.24, 2.45) is 0 Å². The van der Waals surface area contributed by atoms with E-state index in [0.29, 0.717) is 11.1 Å². The predicted octanol–water partition coefficient (Wildman–Crippen LogP) is 3.64. The predicted molar refractivity (Wildman–Crippen MR) is 84.7 cm³/mol. The Labute approximate surface area is 128 Å². The molecule has 0 amide bonds. The van der Waals surface area contributed by atoms with E-state index < -0.39 is 0 Å². The summed E-state index contributed by atoms with van der Waals surface area (Å²) in [6, 6.07) is 17.0. The number of hydrogen-bond donors (Lipinski definition) is 1. The molecule has 110 valence electrons. The fourth-order valence-electron chi connectivity index (χ4n) is 2.38. The first-order chi connectivity index (χ1) is 10.6. The van der Waals surface area contributed by atoms with Crippen molar-refractivity contribution in [2.75, 3.05) is 5.73 Å². The van der Waals surface area contributed by atoms with Gasteiger partial charge >= 0.3 is 0 Å². The minimum atomic E-state index is 0.00423. The first-order valence-electron chi connectivity index (χ1n) is 7.06. The van der Waals surface area contributed by atoms with E-state index in [1.54, 1.807) is 6.26 Å². The number of anilines is 1. The maximum Gasteiger partial charge on any atom is 0.292 e. The van der Waals surface area contributed by atoms with Crippen LogP contribution in [0.25, 0.3) is 0 Å². The van der Waals surface area contributed by atoms with Gasteiger partial charge in [0.05, 0.1) is 5.69 Å². The normalized spacial score (nSPS) is 12.0. The van der Waals surface area contributed by atoms with E-state index in [1.165, 1.54) is 0 Å². The summed E-state index contributed by atoms with van der Waals surface area (Å²) in [6.45, 7) is 2.00. The van der Waals surface area contributed by atoms with Gasteiger partial charge in [0.25, 0.3) is 6.01 Å². The Morgan fingerprint density at radius 1 is 1.09 bits per heavy atom. The van der Waals surface area contributed by atoms with Crippen molar-refractivity contribution >= 4 is 11.8 Å². The number of hydrogen-bond acceptors (Lipinski definition) is 4. The third-order valence-electron chi connectivity index (χ3n) is 3.67. The SMILES string of the molecule is CC(c1cccc(C(=O)c2ccccc2)c1)c1coc(N)n1. The van der Waals surface area contributed by atoms with Gasteiger partial charge in [-0.15, -0.1) is 0 Å². The van der Waals surface area contributed by atoms with Crippen molar-refractivity contribution in [3.63, 3.8) is 0 Å². The molecule has 0 bridgehead atoms. The molecule has 0 spiro atoms. The summed E-state index contributed by atoms with van der Waals surface area (Å²) in [4.78, 5) is 16.7. The summed E-state index contributed by atoms with van der Waals surface area (Å²) in [5.74, 6) is 0.0129. The molecule has 0 radical (unpaired) electrons. The number of nitrogens with zero attached hydrogens (tertiary/aromatic N) is 1. The second-order valence-electron chi connectivity index (χ2n) is 5.15. The van der Waals surface area contributed by atoms with Crippen LogP contribution in [0.15, 0.2) is 65.3 Å². The number of carbonyl (C=O) groups excluding carboxylic acids is 1. The number of rotatable bonds is 4. The van der Waals surface area contributed by atoms with E-state index in [4.69, 9.17) is 10.2 Å². The Hall–Kier alpha value is -2.88. The molecule has 2 aromatic carbocycles. The van der Waals surface area contributed by atoms with Crippen molar-refractivity contribution in [3.05, 3.63) is 83.2 Å². The zero-order valence-corrected chi connectivity index (χ0v) is 12.2. The highest BCUT2D eigenvalue weighted by Crippen LogP contribution is 2.25. The number of ketones is 1. The molecule has 4 nitrogen and oxygen atoms in total. The first kappa shape index (κ1) is 14.1. The molecule has 1 heterocycles. The topological polar surface area (TPSA) is 69.1 Å². The van der Waals surface area contributed by atoms with Gasteiger partial charge in [-0.2, -0.15) is 4.98 Å². The molecule has 1 aromatic heterocycles. The van der Waals surface area contributed by atoms with Crippen LogP contribution in [-0.4, -0.2) is 10.8 Å². The molecule has 1 atom stereocenters. The Bertz CT molecular complexity index is 794. The Balaban J connectivity index is 1.91. The van der Waals surface area contributed by atoms with E-state index in [2.05, 4.69) is 4.98 Å². The molecule has 0 fully saturated rings. The average molecular weight is 292 g/mol. The minimum Gasteiger partial charge on any atom is -0.432 e. The number of nitrogen functional groups attached to an aromatic ring is 1. The van der Waals surface area contributed by atoms with Crippen molar-refractivity contribution < 1.29 is 9.21 Å². The van der Waals surface area contributed by atoms with E-state index >= 15 is 0 Å². The zero-order chi connectivity index (χ0) is 15.5. The van der Waals surface area contributed by atoms with Gasteiger partial charge in [0.2, 0.25) is 0 Å². The van der Waals surface area contributed by atoms with Crippen molar-refractivity contribution in [3.8, 4) is 0 Å². The molecule has 22 heavy (non-hydrogen) atoms. The molecule has 0 aliphatic rings. The summed E-state index contributed by atoms with van der Waals surface area (Å²) >= 11 is 0. The van der Waals surface area contributed by atoms with Gasteiger partial charge in [-0.1, -0.05) is 55.5 Å². The summed E-state index contributed by atoms with van der Waals surface area (Å²) in [5, 5.41) is 0. The number of oxazole rings is 1. The lowest BCUT2D eigenvalue weighted by Crippen LogP contribution is -2.03. The molecule has 0 saturated heterocycles. The largest absolute Gasteiger partial charge is 0.432 e. The summed E-state index contributed by atoms with van der Waals surface area (Å²) in [7, 11) is 0. The van der Waals surface area contributed by atoms with Gasteiger partial charge in [0.15, 0.2) is 5.78 Å². The third-order valence-corrected chi connectivity index (χ3v) is 3.67. The third kappa shape index (κ3) is 2.76. The van der Waals surface area contributed by atoms with Crippen molar-refractivity contribution in [1.82, 2.24) is 4.98 Å². The Morgan fingerprint density at radius 3 is 2.50 bits per heavy atom. The van der Waals surface area contributed by atoms with E-state index in [1.807, 2.05) is 61.5 Å². The maximum absolute atomic E-state index is 12.5. The molecular formula is C18H16N2O2. The number of aromatic nitrogens is 1. The fourth-order valence-corrected chi connectivity index (χ4v) is 2.38. The maximum atomic E-state index is 12.5. The van der Waals surface area contributed by atoms with Crippen LogP contribution < -0.4 is 5.73 Å². The summed E-state index contributed by atoms with van der Waals surface area (Å²) in [5.41, 5.74) is 8.60. The number of carbonyl (C=O) groups is 1. The van der Waals surface area contributed by atoms with Gasteiger partial charge in [0, 0.05) is 17.0 Å². The lowest BCUT2D eigenvalue weighted by atomic mass is 9.94. The average Bonchev–Trinajstić information content (AvgIpc) is 3.01. The van der Waals surface area contributed by atoms with Crippen LogP contribution in [-0.2, 0) is 0 Å². The molecule has 2 N–H and O–H groups in total. The second kappa shape index (κ2) is 5.85. The van der Waals surface area contributed by atoms with E-state index in [0.717, 1.165) is 11.3 Å². The lowest BCUT2D eigenvalue weighted by molar-refractivity contribution is 0.103. The van der Waals surface area contributed by atoms with E-state index in [9.17, 15) is 4.79 Å². The standard InChI is InChI=1S/C18H16N2O2/c1-12(16-11-22-18(19)20-16)14-8-5-9-15(10-14)17(21)13-6-3-2-4-7-13/h2-12H,1H3,(H2,19,20). The van der Waals surface area contributed by atoms with Crippen LogP contribution in [0.3, 0.4) is 0 Å². The number of nitrogens with two attached hydrogens (primary N) is 1. The second-order valence-corrected chi connectivity index (χ2v) is 5.15. The van der Waals surface area contributed by atoms with Crippen LogP contribution in [0.4, 0.5) is 6.01 Å². The van der Waals surface area contributed by atoms with Crippen LogP contribution >= 0.6 is 0 Å². The summed E-state index contributed by atoms with van der Waals surface area (Å²) < 4.78 is 5.05. The van der Waals surface area contributed by atoms with Crippen molar-refractivity contribution in [2.45, 2.75) is 12.8 Å². The van der Waals surface area contributed by atoms with Gasteiger partial charge in [0.1, 0.15) is 6.26 Å². The highest BCUT2D eigenvalue weighted by atomic mass is 16.4. The zero-order valence-electron chi connectivity index (χ0n) is 12.2. The molecular weight excluding hydrogens is 276 g/mol. The quantitative estimate of drug-likeness (QED) is 0.745. The van der Waals surface area contributed by atoms with E-state index in [-0.39, 0.29) is 17.7 Å². The molecule has 0 aliphatic heterocycles. The molecule has 1 unspecified atom stereocenters. The van der Waals surface area contributed by atoms with Gasteiger partial charge in [-0.05, 0) is 11.6 Å². The highest BCUT2D eigenvalue weighted by Gasteiger charge is 2.15. The smallest absolute Gasteiger partial charge is 0.292 e. The van der Waals surface area contributed by atoms with Gasteiger partial charge < -0.3 is 10.2 Å². The van der Waals surface area contributed by atoms with Crippen molar-refractivity contribution in [1.29, 1.82) is 0 Å². The minimum absolute atomic E-state index is 0.00423.